The second-order valence-electron chi connectivity index (χ2n) is 7.13. The lowest BCUT2D eigenvalue weighted by molar-refractivity contribution is -0.148. The summed E-state index contributed by atoms with van der Waals surface area (Å²) in [6.07, 6.45) is 6.78. The molecule has 0 bridgehead atoms. The lowest BCUT2D eigenvalue weighted by Gasteiger charge is -2.33. The molecule has 2 heterocycles. The molecule has 1 fully saturated rings. The third kappa shape index (κ3) is 5.31. The highest BCUT2D eigenvalue weighted by Crippen LogP contribution is 2.10. The van der Waals surface area contributed by atoms with Crippen LogP contribution in [0.3, 0.4) is 0 Å². The summed E-state index contributed by atoms with van der Waals surface area (Å²) in [6, 6.07) is 9.63. The van der Waals surface area contributed by atoms with E-state index < -0.39 is 11.8 Å². The maximum absolute atomic E-state index is 12.4. The van der Waals surface area contributed by atoms with Crippen LogP contribution in [0.1, 0.15) is 19.4 Å². The molecule has 152 valence electrons. The summed E-state index contributed by atoms with van der Waals surface area (Å²) < 4.78 is 1.75. The first kappa shape index (κ1) is 20.3. The van der Waals surface area contributed by atoms with Crippen LogP contribution in [-0.2, 0) is 14.4 Å². The van der Waals surface area contributed by atoms with Crippen molar-refractivity contribution in [1.82, 2.24) is 24.9 Å². The number of nitrogens with zero attached hydrogens (tertiary/aromatic N) is 4. The molecule has 0 spiro atoms. The molecule has 3 rings (SSSR count). The van der Waals surface area contributed by atoms with Gasteiger partial charge in [0, 0.05) is 50.1 Å². The smallest absolute Gasteiger partial charge is 0.312 e. The Bertz CT molecular complexity index is 896. The molecule has 1 N–H and O–H groups in total. The van der Waals surface area contributed by atoms with Crippen molar-refractivity contribution >= 4 is 23.8 Å². The Labute approximate surface area is 169 Å². The van der Waals surface area contributed by atoms with Gasteiger partial charge in [-0.15, -0.1) is 0 Å². The maximum Gasteiger partial charge on any atom is 0.312 e. The number of aromatic nitrogens is 2. The van der Waals surface area contributed by atoms with Crippen molar-refractivity contribution in [2.45, 2.75) is 19.9 Å². The molecule has 0 radical (unpaired) electrons. The lowest BCUT2D eigenvalue weighted by Crippen LogP contribution is -2.54. The van der Waals surface area contributed by atoms with Gasteiger partial charge in [-0.2, -0.15) is 5.10 Å². The molecule has 3 amide bonds. The Morgan fingerprint density at radius 3 is 2.34 bits per heavy atom. The van der Waals surface area contributed by atoms with E-state index >= 15 is 0 Å². The Hall–Kier alpha value is -3.42. The summed E-state index contributed by atoms with van der Waals surface area (Å²) in [7, 11) is 0. The Balaban J connectivity index is 1.52. The van der Waals surface area contributed by atoms with Crippen LogP contribution < -0.4 is 5.32 Å². The standard InChI is InChI=1S/C21H25N5O3/c1-16(2)23-20(28)21(29)25-12-10-24(11-13-25)19(27)9-8-17-14-22-26(15-17)18-6-4-3-5-7-18/h3-9,14-16H,10-13H2,1-2H3,(H,23,28)/b9-8+. The quantitative estimate of drug-likeness (QED) is 0.620. The van der Waals surface area contributed by atoms with E-state index in [2.05, 4.69) is 10.4 Å². The zero-order chi connectivity index (χ0) is 20.8. The molecule has 8 nitrogen and oxygen atoms in total. The van der Waals surface area contributed by atoms with Crippen LogP contribution in [0.4, 0.5) is 0 Å². The van der Waals surface area contributed by atoms with E-state index in [0.717, 1.165) is 11.3 Å². The average molecular weight is 395 g/mol. The van der Waals surface area contributed by atoms with Gasteiger partial charge in [-0.05, 0) is 32.1 Å². The molecule has 1 aromatic heterocycles. The molecule has 0 unspecified atom stereocenters. The lowest BCUT2D eigenvalue weighted by atomic mass is 10.2. The number of carbonyl (C=O) groups excluding carboxylic acids is 3. The van der Waals surface area contributed by atoms with Crippen molar-refractivity contribution in [2.75, 3.05) is 26.2 Å². The zero-order valence-corrected chi connectivity index (χ0v) is 16.6. The summed E-state index contributed by atoms with van der Waals surface area (Å²) in [4.78, 5) is 39.5. The molecule has 29 heavy (non-hydrogen) atoms. The van der Waals surface area contributed by atoms with Gasteiger partial charge in [0.1, 0.15) is 0 Å². The number of rotatable bonds is 4. The van der Waals surface area contributed by atoms with Gasteiger partial charge in [0.05, 0.1) is 11.9 Å². The van der Waals surface area contributed by atoms with Crippen LogP contribution in [-0.4, -0.2) is 69.5 Å². The minimum Gasteiger partial charge on any atom is -0.346 e. The first-order valence-corrected chi connectivity index (χ1v) is 9.61. The van der Waals surface area contributed by atoms with Crippen LogP contribution in [0.2, 0.25) is 0 Å². The number of piperazine rings is 1. The number of benzene rings is 1. The molecule has 1 aliphatic heterocycles. The monoisotopic (exact) mass is 395 g/mol. The Morgan fingerprint density at radius 2 is 1.69 bits per heavy atom. The molecular weight excluding hydrogens is 370 g/mol. The minimum absolute atomic E-state index is 0.0919. The van der Waals surface area contributed by atoms with Gasteiger partial charge in [0.2, 0.25) is 5.91 Å². The predicted molar refractivity (Wildman–Crippen MR) is 109 cm³/mol. The molecule has 0 atom stereocenters. The predicted octanol–water partition coefficient (Wildman–Crippen LogP) is 1.08. The number of carbonyl (C=O) groups is 3. The van der Waals surface area contributed by atoms with Gasteiger partial charge in [-0.1, -0.05) is 18.2 Å². The summed E-state index contributed by atoms with van der Waals surface area (Å²) >= 11 is 0. The number of hydrogen-bond donors (Lipinski definition) is 1. The molecular formula is C21H25N5O3. The van der Waals surface area contributed by atoms with E-state index in [1.165, 1.54) is 11.0 Å². The summed E-state index contributed by atoms with van der Waals surface area (Å²) in [5.74, 6) is -1.28. The first-order chi connectivity index (χ1) is 13.9. The van der Waals surface area contributed by atoms with Gasteiger partial charge in [-0.3, -0.25) is 14.4 Å². The van der Waals surface area contributed by atoms with Gasteiger partial charge in [0.25, 0.3) is 0 Å². The van der Waals surface area contributed by atoms with Crippen molar-refractivity contribution in [2.24, 2.45) is 0 Å². The highest BCUT2D eigenvalue weighted by atomic mass is 16.2. The minimum atomic E-state index is -0.602. The van der Waals surface area contributed by atoms with Crippen LogP contribution in [0.15, 0.2) is 48.8 Å². The van der Waals surface area contributed by atoms with E-state index in [1.54, 1.807) is 35.7 Å². The van der Waals surface area contributed by atoms with Crippen LogP contribution in [0, 0.1) is 0 Å². The highest BCUT2D eigenvalue weighted by Gasteiger charge is 2.27. The fourth-order valence-electron chi connectivity index (χ4n) is 3.02. The normalized spacial score (nSPS) is 14.4. The van der Waals surface area contributed by atoms with Crippen molar-refractivity contribution in [3.05, 3.63) is 54.4 Å². The molecule has 0 aliphatic carbocycles. The highest BCUT2D eigenvalue weighted by molar-refractivity contribution is 6.35. The van der Waals surface area contributed by atoms with E-state index in [0.29, 0.717) is 26.2 Å². The van der Waals surface area contributed by atoms with Crippen LogP contribution in [0.5, 0.6) is 0 Å². The first-order valence-electron chi connectivity index (χ1n) is 9.61. The third-order valence-corrected chi connectivity index (χ3v) is 4.53. The summed E-state index contributed by atoms with van der Waals surface area (Å²) in [6.45, 7) is 5.08. The van der Waals surface area contributed by atoms with E-state index in [9.17, 15) is 14.4 Å². The van der Waals surface area contributed by atoms with E-state index in [4.69, 9.17) is 0 Å². The second-order valence-corrected chi connectivity index (χ2v) is 7.13. The van der Waals surface area contributed by atoms with Gasteiger partial charge >= 0.3 is 11.8 Å². The molecule has 8 heteroatoms. The maximum atomic E-state index is 12.4. The summed E-state index contributed by atoms with van der Waals surface area (Å²) in [5, 5.41) is 6.90. The zero-order valence-electron chi connectivity index (χ0n) is 16.6. The van der Waals surface area contributed by atoms with E-state index in [1.807, 2.05) is 36.5 Å². The number of para-hydroxylation sites is 1. The second kappa shape index (κ2) is 9.18. The van der Waals surface area contributed by atoms with Crippen molar-refractivity contribution in [1.29, 1.82) is 0 Å². The fraction of sp³-hybridized carbons (Fsp3) is 0.333. The third-order valence-electron chi connectivity index (χ3n) is 4.53. The SMILES string of the molecule is CC(C)NC(=O)C(=O)N1CCN(C(=O)/C=C/c2cnn(-c3ccccc3)c2)CC1. The molecule has 2 aromatic rings. The van der Waals surface area contributed by atoms with Crippen LogP contribution in [0.25, 0.3) is 11.8 Å². The van der Waals surface area contributed by atoms with Gasteiger partial charge < -0.3 is 15.1 Å². The van der Waals surface area contributed by atoms with Gasteiger partial charge in [-0.25, -0.2) is 4.68 Å². The van der Waals surface area contributed by atoms with Crippen molar-refractivity contribution < 1.29 is 14.4 Å². The Kier molecular flexibility index (Phi) is 6.43. The average Bonchev–Trinajstić information content (AvgIpc) is 3.21. The number of hydrogen-bond acceptors (Lipinski definition) is 4. The Morgan fingerprint density at radius 1 is 1.03 bits per heavy atom. The van der Waals surface area contributed by atoms with Crippen molar-refractivity contribution in [3.8, 4) is 5.69 Å². The van der Waals surface area contributed by atoms with Gasteiger partial charge in [0.15, 0.2) is 0 Å². The topological polar surface area (TPSA) is 87.5 Å². The van der Waals surface area contributed by atoms with Crippen molar-refractivity contribution in [3.63, 3.8) is 0 Å². The van der Waals surface area contributed by atoms with E-state index in [-0.39, 0.29) is 11.9 Å². The summed E-state index contributed by atoms with van der Waals surface area (Å²) in [5.41, 5.74) is 1.77. The number of nitrogens with one attached hydrogen (secondary N) is 1. The molecule has 1 aliphatic rings. The number of amides is 3. The fourth-order valence-corrected chi connectivity index (χ4v) is 3.02. The largest absolute Gasteiger partial charge is 0.346 e. The molecule has 1 aromatic carbocycles. The molecule has 1 saturated heterocycles. The van der Waals surface area contributed by atoms with Crippen LogP contribution >= 0.6 is 0 Å². The molecule has 0 saturated carbocycles.